The summed E-state index contributed by atoms with van der Waals surface area (Å²) in [5.41, 5.74) is 0. The monoisotopic (exact) mass is 224 g/mol. The first kappa shape index (κ1) is 11.3. The molecule has 1 rings (SSSR count). The Morgan fingerprint density at radius 2 is 2.14 bits per heavy atom. The highest BCUT2D eigenvalue weighted by Gasteiger charge is 2.37. The maximum atomic E-state index is 11.2. The van der Waals surface area contributed by atoms with E-state index in [1.807, 2.05) is 0 Å². The van der Waals surface area contributed by atoms with Gasteiger partial charge in [0.1, 0.15) is 11.4 Å². The van der Waals surface area contributed by atoms with E-state index in [-0.39, 0.29) is 6.61 Å². The Balaban J connectivity index is 2.66. The first-order valence-electron chi connectivity index (χ1n) is 4.10. The maximum Gasteiger partial charge on any atom is 0.508 e. The molecule has 2 unspecified atom stereocenters. The smallest absolute Gasteiger partial charge is 0.438 e. The van der Waals surface area contributed by atoms with Gasteiger partial charge in [0, 0.05) is 6.42 Å². The van der Waals surface area contributed by atoms with E-state index in [0.29, 0.717) is 6.42 Å². The first-order valence-corrected chi connectivity index (χ1v) is 5.57. The second-order valence-corrected chi connectivity index (χ2v) is 4.88. The molecule has 7 heteroatoms. The van der Waals surface area contributed by atoms with Crippen LogP contribution in [0.3, 0.4) is 0 Å². The van der Waals surface area contributed by atoms with E-state index in [2.05, 4.69) is 8.92 Å². The van der Waals surface area contributed by atoms with E-state index in [4.69, 9.17) is 4.74 Å². The number of carbonyl (C=O) groups excluding carboxylic acids is 1. The molecule has 1 aliphatic heterocycles. The molecule has 0 saturated carbocycles. The molecule has 0 aromatic rings. The molecule has 0 aromatic heterocycles. The molecular weight excluding hydrogens is 212 g/mol. The molecule has 1 fully saturated rings. The van der Waals surface area contributed by atoms with E-state index in [1.54, 1.807) is 0 Å². The Morgan fingerprint density at radius 1 is 1.50 bits per heavy atom. The Bertz CT molecular complexity index is 308. The predicted molar refractivity (Wildman–Crippen MR) is 46.2 cm³/mol. The molecule has 1 aliphatic rings. The van der Waals surface area contributed by atoms with Crippen LogP contribution in [-0.2, 0) is 23.8 Å². The van der Waals surface area contributed by atoms with Gasteiger partial charge in [-0.2, -0.15) is 8.42 Å². The summed E-state index contributed by atoms with van der Waals surface area (Å²) in [6.45, 7) is 1.47. The highest BCUT2D eigenvalue weighted by atomic mass is 32.2. The van der Waals surface area contributed by atoms with Crippen molar-refractivity contribution in [1.29, 1.82) is 0 Å². The van der Waals surface area contributed by atoms with Crippen molar-refractivity contribution >= 4 is 16.3 Å². The molecular formula is C7H12O6S. The summed E-state index contributed by atoms with van der Waals surface area (Å²) in [4.78, 5) is 10.8. The molecule has 2 atom stereocenters. The van der Waals surface area contributed by atoms with Crippen LogP contribution in [-0.4, -0.2) is 39.6 Å². The van der Waals surface area contributed by atoms with E-state index < -0.39 is 27.6 Å². The van der Waals surface area contributed by atoms with Crippen molar-refractivity contribution in [2.45, 2.75) is 24.7 Å². The average Bonchev–Trinajstić information content (AvgIpc) is 2.12. The third-order valence-electron chi connectivity index (χ3n) is 2.04. The third-order valence-corrected chi connectivity index (χ3v) is 3.75. The Labute approximate surface area is 82.3 Å². The lowest BCUT2D eigenvalue weighted by Gasteiger charge is -2.27. The summed E-state index contributed by atoms with van der Waals surface area (Å²) in [6, 6.07) is 0. The molecule has 0 aromatic carbocycles. The van der Waals surface area contributed by atoms with Crippen molar-refractivity contribution in [3.8, 4) is 0 Å². The Hall–Kier alpha value is -0.820. The number of carbonyl (C=O) groups is 1. The van der Waals surface area contributed by atoms with E-state index >= 15 is 0 Å². The molecule has 0 radical (unpaired) electrons. The van der Waals surface area contributed by atoms with Crippen molar-refractivity contribution in [3.63, 3.8) is 0 Å². The fourth-order valence-electron chi connectivity index (χ4n) is 1.13. The lowest BCUT2D eigenvalue weighted by molar-refractivity contribution is 0.0215. The van der Waals surface area contributed by atoms with Gasteiger partial charge in [-0.05, 0) is 6.92 Å². The Morgan fingerprint density at radius 3 is 2.71 bits per heavy atom. The van der Waals surface area contributed by atoms with Crippen LogP contribution in [0.4, 0.5) is 4.79 Å². The topological polar surface area (TPSA) is 78.9 Å². The zero-order valence-corrected chi connectivity index (χ0v) is 8.74. The van der Waals surface area contributed by atoms with Crippen molar-refractivity contribution in [1.82, 2.24) is 0 Å². The molecule has 1 saturated heterocycles. The van der Waals surface area contributed by atoms with Crippen LogP contribution >= 0.6 is 0 Å². The number of methoxy groups -OCH3 is 1. The van der Waals surface area contributed by atoms with Crippen LogP contribution < -0.4 is 0 Å². The molecule has 0 spiro atoms. The molecule has 14 heavy (non-hydrogen) atoms. The number of hydrogen-bond acceptors (Lipinski definition) is 6. The van der Waals surface area contributed by atoms with Gasteiger partial charge < -0.3 is 9.47 Å². The molecule has 0 N–H and O–H groups in total. The third kappa shape index (κ3) is 2.36. The maximum absolute atomic E-state index is 11.2. The molecule has 82 valence electrons. The Kier molecular flexibility index (Phi) is 3.33. The highest BCUT2D eigenvalue weighted by Crippen LogP contribution is 2.20. The summed E-state index contributed by atoms with van der Waals surface area (Å²) in [6.07, 6.45) is -1.21. The lowest BCUT2D eigenvalue weighted by Crippen LogP contribution is -2.41. The van der Waals surface area contributed by atoms with Gasteiger partial charge in [-0.25, -0.2) is 4.79 Å². The van der Waals surface area contributed by atoms with Crippen LogP contribution in [0.25, 0.3) is 0 Å². The van der Waals surface area contributed by atoms with Gasteiger partial charge in [0.25, 0.3) is 10.1 Å². The van der Waals surface area contributed by atoms with Crippen LogP contribution in [0.15, 0.2) is 0 Å². The molecule has 0 amide bonds. The van der Waals surface area contributed by atoms with Gasteiger partial charge in [-0.3, -0.25) is 4.18 Å². The van der Waals surface area contributed by atoms with Gasteiger partial charge in [-0.1, -0.05) is 0 Å². The fourth-order valence-corrected chi connectivity index (χ4v) is 2.24. The lowest BCUT2D eigenvalue weighted by atomic mass is 10.2. The van der Waals surface area contributed by atoms with Crippen LogP contribution in [0, 0.1) is 0 Å². The van der Waals surface area contributed by atoms with Gasteiger partial charge in [0.15, 0.2) is 0 Å². The number of ether oxygens (including phenoxy) is 2. The van der Waals surface area contributed by atoms with Crippen LogP contribution in [0.2, 0.25) is 0 Å². The largest absolute Gasteiger partial charge is 0.508 e. The minimum absolute atomic E-state index is 0.0360. The second kappa shape index (κ2) is 4.14. The summed E-state index contributed by atoms with van der Waals surface area (Å²) < 4.78 is 36.0. The number of rotatable bonds is 1. The normalized spacial score (nSPS) is 30.7. The average molecular weight is 224 g/mol. The molecule has 0 bridgehead atoms. The zero-order valence-electron chi connectivity index (χ0n) is 7.93. The summed E-state index contributed by atoms with van der Waals surface area (Å²) >= 11 is 0. The standard InChI is InChI=1S/C7H12O6S/c1-5-6(13-7(8)11-2)3-4-12-14(5,9)10/h5-6H,3-4H2,1-2H3. The zero-order chi connectivity index (χ0) is 10.8. The minimum atomic E-state index is -3.60. The van der Waals surface area contributed by atoms with Crippen LogP contribution in [0.1, 0.15) is 13.3 Å². The van der Waals surface area contributed by atoms with Crippen molar-refractivity contribution in [2.75, 3.05) is 13.7 Å². The van der Waals surface area contributed by atoms with Crippen molar-refractivity contribution in [3.05, 3.63) is 0 Å². The SMILES string of the molecule is COC(=O)OC1CCOS(=O)(=O)C1C. The minimum Gasteiger partial charge on any atom is -0.438 e. The van der Waals surface area contributed by atoms with E-state index in [0.717, 1.165) is 0 Å². The molecule has 6 nitrogen and oxygen atoms in total. The quantitative estimate of drug-likeness (QED) is 0.470. The van der Waals surface area contributed by atoms with Crippen molar-refractivity contribution in [2.24, 2.45) is 0 Å². The second-order valence-electron chi connectivity index (χ2n) is 2.92. The molecule has 1 heterocycles. The summed E-state index contributed by atoms with van der Waals surface area (Å²) in [5, 5.41) is -0.852. The van der Waals surface area contributed by atoms with Gasteiger partial charge in [0.2, 0.25) is 0 Å². The summed E-state index contributed by atoms with van der Waals surface area (Å²) in [7, 11) is -2.43. The van der Waals surface area contributed by atoms with Crippen molar-refractivity contribution < 1.29 is 26.9 Å². The number of hydrogen-bond donors (Lipinski definition) is 0. The predicted octanol–water partition coefficient (Wildman–Crippen LogP) is 0.277. The summed E-state index contributed by atoms with van der Waals surface area (Å²) in [5.74, 6) is 0. The van der Waals surface area contributed by atoms with Gasteiger partial charge in [-0.15, -0.1) is 0 Å². The highest BCUT2D eigenvalue weighted by molar-refractivity contribution is 7.87. The van der Waals surface area contributed by atoms with Gasteiger partial charge >= 0.3 is 6.16 Å². The molecule has 0 aliphatic carbocycles. The van der Waals surface area contributed by atoms with Crippen LogP contribution in [0.5, 0.6) is 0 Å². The van der Waals surface area contributed by atoms with Gasteiger partial charge in [0.05, 0.1) is 13.7 Å². The van der Waals surface area contributed by atoms with E-state index in [1.165, 1.54) is 14.0 Å². The fraction of sp³-hybridized carbons (Fsp3) is 0.857. The first-order chi connectivity index (χ1) is 6.47. The van der Waals surface area contributed by atoms with E-state index in [9.17, 15) is 13.2 Å².